The van der Waals surface area contributed by atoms with Crippen LogP contribution >= 0.6 is 0 Å². The predicted molar refractivity (Wildman–Crippen MR) is 82.8 cm³/mol. The summed E-state index contributed by atoms with van der Waals surface area (Å²) >= 11 is 0. The van der Waals surface area contributed by atoms with Crippen molar-refractivity contribution in [3.8, 4) is 0 Å². The maximum absolute atomic E-state index is 10.3. The van der Waals surface area contributed by atoms with E-state index in [2.05, 4.69) is 0 Å². The van der Waals surface area contributed by atoms with Gasteiger partial charge in [0.1, 0.15) is 12.2 Å². The molecule has 0 aliphatic carbocycles. The van der Waals surface area contributed by atoms with Crippen LogP contribution in [0.4, 0.5) is 0 Å². The Kier molecular flexibility index (Phi) is 9.75. The fourth-order valence-electron chi connectivity index (χ4n) is 2.06. The third kappa shape index (κ3) is 8.02. The van der Waals surface area contributed by atoms with Crippen LogP contribution < -0.4 is 0 Å². The van der Waals surface area contributed by atoms with Crippen molar-refractivity contribution in [1.29, 1.82) is 0 Å². The van der Waals surface area contributed by atoms with Crippen molar-refractivity contribution in [2.24, 2.45) is 0 Å². The Balaban J connectivity index is 0.000000443. The Labute approximate surface area is 175 Å². The summed E-state index contributed by atoms with van der Waals surface area (Å²) in [6, 6.07) is 0. The molecule has 142 valence electrons. The Morgan fingerprint density at radius 3 is 1.28 bits per heavy atom. The van der Waals surface area contributed by atoms with Crippen LogP contribution in [-0.4, -0.2) is 119 Å². The molecule has 0 aromatic rings. The molecule has 0 aromatic heterocycles. The quantitative estimate of drug-likeness (QED) is 0.429. The minimum atomic E-state index is -1.51. The number of aliphatic hydroxyl groups is 2. The van der Waals surface area contributed by atoms with Gasteiger partial charge in [-0.25, -0.2) is 9.59 Å². The van der Waals surface area contributed by atoms with E-state index < -0.39 is 47.9 Å². The van der Waals surface area contributed by atoms with Gasteiger partial charge in [-0.3, -0.25) is 0 Å². The van der Waals surface area contributed by atoms with Crippen molar-refractivity contribution in [3.05, 3.63) is 0 Å². The van der Waals surface area contributed by atoms with Crippen LogP contribution in [-0.2, 0) is 28.5 Å². The molecule has 2 rings (SSSR count). The number of rotatable bonds is 4. The minimum absolute atomic E-state index is 0. The Morgan fingerprint density at radius 2 is 1.12 bits per heavy atom. The van der Waals surface area contributed by atoms with Crippen LogP contribution in [0.2, 0.25) is 0 Å². The third-order valence-electron chi connectivity index (χ3n) is 3.27. The van der Waals surface area contributed by atoms with Crippen molar-refractivity contribution in [2.45, 2.75) is 63.7 Å². The molecule has 2 aliphatic heterocycles. The molecule has 4 atom stereocenters. The van der Waals surface area contributed by atoms with E-state index in [1.165, 1.54) is 0 Å². The molecule has 0 unspecified atom stereocenters. The van der Waals surface area contributed by atoms with Gasteiger partial charge in [0.2, 0.25) is 0 Å². The van der Waals surface area contributed by atoms with E-state index in [4.69, 9.17) is 39.4 Å². The molecule has 2 aliphatic rings. The Bertz CT molecular complexity index is 425. The van der Waals surface area contributed by atoms with Crippen molar-refractivity contribution < 1.29 is 49.0 Å². The fourth-order valence-corrected chi connectivity index (χ4v) is 2.06. The number of carbonyl (C=O) groups is 2. The predicted octanol–water partition coefficient (Wildman–Crippen LogP) is -1.21. The van der Waals surface area contributed by atoms with E-state index in [0.29, 0.717) is 0 Å². The summed E-state index contributed by atoms with van der Waals surface area (Å²) in [6.45, 7) is 6.90. The first-order valence-corrected chi connectivity index (χ1v) is 7.30. The maximum Gasteiger partial charge on any atom is 0.335 e. The second kappa shape index (κ2) is 9.77. The van der Waals surface area contributed by atoms with Crippen LogP contribution in [0, 0.1) is 0 Å². The van der Waals surface area contributed by atoms with Gasteiger partial charge >= 0.3 is 11.9 Å². The third-order valence-corrected chi connectivity index (χ3v) is 3.27. The summed E-state index contributed by atoms with van der Waals surface area (Å²) in [6.07, 6.45) is -4.55. The molecule has 0 spiro atoms. The number of ether oxygens (including phenoxy) is 4. The summed E-state index contributed by atoms with van der Waals surface area (Å²) in [7, 11) is 0. The number of hydrogen-bond donors (Lipinski definition) is 4. The SMILES string of the molecule is CC1(C)OC[C@@H]([C@@H](O)C(=O)O)O1.CC1(C)OC[C@@H]([C@@H](O)C(=O)O)O1.[Ca]. The van der Waals surface area contributed by atoms with Gasteiger partial charge in [0, 0.05) is 37.7 Å². The Morgan fingerprint density at radius 1 is 0.840 bits per heavy atom. The fraction of sp³-hybridized carbons (Fsp3) is 0.857. The minimum Gasteiger partial charge on any atom is -0.479 e. The molecule has 25 heavy (non-hydrogen) atoms. The van der Waals surface area contributed by atoms with E-state index in [0.717, 1.165) is 0 Å². The van der Waals surface area contributed by atoms with E-state index >= 15 is 0 Å². The smallest absolute Gasteiger partial charge is 0.335 e. The first-order chi connectivity index (χ1) is 10.8. The summed E-state index contributed by atoms with van der Waals surface area (Å²) < 4.78 is 20.4. The average Bonchev–Trinajstić information content (AvgIpc) is 2.99. The number of aliphatic carboxylic acids is 2. The van der Waals surface area contributed by atoms with Crippen LogP contribution in [0.25, 0.3) is 0 Å². The van der Waals surface area contributed by atoms with Crippen LogP contribution in [0.15, 0.2) is 0 Å². The molecule has 10 nitrogen and oxygen atoms in total. The molecule has 2 heterocycles. The normalized spacial score (nSPS) is 28.9. The van der Waals surface area contributed by atoms with Gasteiger partial charge in [-0.15, -0.1) is 0 Å². The Hall–Kier alpha value is -0.0403. The second-order valence-corrected chi connectivity index (χ2v) is 6.30. The molecule has 4 N–H and O–H groups in total. The van der Waals surface area contributed by atoms with Crippen molar-refractivity contribution in [3.63, 3.8) is 0 Å². The zero-order chi connectivity index (χ0) is 18.7. The van der Waals surface area contributed by atoms with Crippen LogP contribution in [0.5, 0.6) is 0 Å². The molecule has 0 aromatic carbocycles. The average molecular weight is 392 g/mol. The van der Waals surface area contributed by atoms with Crippen LogP contribution in [0.1, 0.15) is 27.7 Å². The first-order valence-electron chi connectivity index (χ1n) is 7.30. The molecule has 2 saturated heterocycles. The monoisotopic (exact) mass is 392 g/mol. The van der Waals surface area contributed by atoms with Gasteiger partial charge in [0.15, 0.2) is 23.8 Å². The number of carboxylic acids is 2. The van der Waals surface area contributed by atoms with E-state index in [1.807, 2.05) is 0 Å². The van der Waals surface area contributed by atoms with Gasteiger partial charge in [0.25, 0.3) is 0 Å². The zero-order valence-electron chi connectivity index (χ0n) is 14.7. The van der Waals surface area contributed by atoms with E-state index in [-0.39, 0.29) is 51.0 Å². The topological polar surface area (TPSA) is 152 Å². The van der Waals surface area contributed by atoms with Crippen LogP contribution in [0.3, 0.4) is 0 Å². The maximum atomic E-state index is 10.3. The molecule has 2 fully saturated rings. The van der Waals surface area contributed by atoms with Gasteiger partial charge in [0.05, 0.1) is 13.2 Å². The van der Waals surface area contributed by atoms with Crippen molar-refractivity contribution in [2.75, 3.05) is 13.2 Å². The molecule has 0 amide bonds. The summed E-state index contributed by atoms with van der Waals surface area (Å²) in [5.41, 5.74) is 0. The molecular formula is C14H24CaO10. The molecular weight excluding hydrogens is 368 g/mol. The molecule has 0 saturated carbocycles. The van der Waals surface area contributed by atoms with Gasteiger partial charge in [-0.2, -0.15) is 0 Å². The van der Waals surface area contributed by atoms with Gasteiger partial charge in [-0.05, 0) is 27.7 Å². The molecule has 2 radical (unpaired) electrons. The van der Waals surface area contributed by atoms with Gasteiger partial charge < -0.3 is 39.4 Å². The molecule has 11 heteroatoms. The number of aliphatic hydroxyl groups excluding tert-OH is 2. The first kappa shape index (κ1) is 25.0. The van der Waals surface area contributed by atoms with E-state index in [9.17, 15) is 9.59 Å². The van der Waals surface area contributed by atoms with Crippen molar-refractivity contribution >= 4 is 49.7 Å². The summed E-state index contributed by atoms with van der Waals surface area (Å²) in [4.78, 5) is 20.6. The number of hydrogen-bond acceptors (Lipinski definition) is 8. The summed E-state index contributed by atoms with van der Waals surface area (Å²) in [5.74, 6) is -4.16. The largest absolute Gasteiger partial charge is 0.479 e. The zero-order valence-corrected chi connectivity index (χ0v) is 16.9. The molecule has 0 bridgehead atoms. The summed E-state index contributed by atoms with van der Waals surface area (Å²) in [5, 5.41) is 35.0. The standard InChI is InChI=1S/2C7H12O5.Ca/c2*1-7(2)11-3-4(12-7)5(8)6(9)10;/h2*4-5,8H,3H2,1-2H3,(H,9,10);/t2*4-,5+;/m00./s1. The number of carboxylic acid groups (broad SMARTS) is 2. The second-order valence-electron chi connectivity index (χ2n) is 6.30. The van der Waals surface area contributed by atoms with Crippen molar-refractivity contribution in [1.82, 2.24) is 0 Å². The van der Waals surface area contributed by atoms with E-state index in [1.54, 1.807) is 27.7 Å². The van der Waals surface area contributed by atoms with Gasteiger partial charge in [-0.1, -0.05) is 0 Å².